The van der Waals surface area contributed by atoms with E-state index in [1.54, 1.807) is 6.07 Å². The van der Waals surface area contributed by atoms with Crippen LogP contribution in [0.15, 0.2) is 36.4 Å². The van der Waals surface area contributed by atoms with Gasteiger partial charge in [-0.3, -0.25) is 0 Å². The summed E-state index contributed by atoms with van der Waals surface area (Å²) in [4.78, 5) is 0. The van der Waals surface area contributed by atoms with Crippen molar-refractivity contribution >= 4 is 46.4 Å². The first-order chi connectivity index (χ1) is 10.0. The lowest BCUT2D eigenvalue weighted by molar-refractivity contribution is 0.550. The molecule has 112 valence electrons. The minimum Gasteiger partial charge on any atom is -0.310 e. The van der Waals surface area contributed by atoms with Crippen molar-refractivity contribution in [1.82, 2.24) is 5.32 Å². The van der Waals surface area contributed by atoms with E-state index in [9.17, 15) is 0 Å². The molecule has 2 aromatic carbocycles. The summed E-state index contributed by atoms with van der Waals surface area (Å²) in [7, 11) is 0. The Balaban J connectivity index is 2.38. The second kappa shape index (κ2) is 7.71. The van der Waals surface area contributed by atoms with Crippen LogP contribution in [-0.2, 0) is 6.42 Å². The summed E-state index contributed by atoms with van der Waals surface area (Å²) >= 11 is 25.0. The fourth-order valence-electron chi connectivity index (χ4n) is 2.29. The lowest BCUT2D eigenvalue weighted by Gasteiger charge is -2.21. The van der Waals surface area contributed by atoms with Gasteiger partial charge in [0.1, 0.15) is 0 Å². The Morgan fingerprint density at radius 1 is 0.905 bits per heavy atom. The number of halogens is 4. The standard InChI is InChI=1S/C16H15Cl4N/c1-2-21-14(15-11(17)6-4-7-12(15)18)9-10-5-3-8-13(19)16(10)20/h3-8,14,21H,2,9H2,1H3. The Morgan fingerprint density at radius 3 is 2.10 bits per heavy atom. The minimum atomic E-state index is -0.0211. The van der Waals surface area contributed by atoms with E-state index < -0.39 is 0 Å². The smallest absolute Gasteiger partial charge is 0.0624 e. The van der Waals surface area contributed by atoms with Gasteiger partial charge in [-0.05, 0) is 36.7 Å². The first kappa shape index (κ1) is 16.9. The van der Waals surface area contributed by atoms with E-state index in [4.69, 9.17) is 46.4 Å². The van der Waals surface area contributed by atoms with Crippen LogP contribution in [0.4, 0.5) is 0 Å². The van der Waals surface area contributed by atoms with Crippen molar-refractivity contribution < 1.29 is 0 Å². The van der Waals surface area contributed by atoms with Gasteiger partial charge in [-0.15, -0.1) is 0 Å². The van der Waals surface area contributed by atoms with Gasteiger partial charge >= 0.3 is 0 Å². The van der Waals surface area contributed by atoms with Gasteiger partial charge in [0.05, 0.1) is 10.0 Å². The predicted octanol–water partition coefficient (Wildman–Crippen LogP) is 6.19. The highest BCUT2D eigenvalue weighted by Gasteiger charge is 2.19. The number of likely N-dealkylation sites (N-methyl/N-ethyl adjacent to an activating group) is 1. The zero-order chi connectivity index (χ0) is 15.4. The summed E-state index contributed by atoms with van der Waals surface area (Å²) in [6, 6.07) is 11.1. The van der Waals surface area contributed by atoms with Gasteiger partial charge in [0.2, 0.25) is 0 Å². The molecule has 0 spiro atoms. The van der Waals surface area contributed by atoms with Gasteiger partial charge in [-0.2, -0.15) is 0 Å². The van der Waals surface area contributed by atoms with E-state index in [1.165, 1.54) is 0 Å². The molecule has 0 amide bonds. The predicted molar refractivity (Wildman–Crippen MR) is 93.0 cm³/mol. The zero-order valence-electron chi connectivity index (χ0n) is 11.5. The van der Waals surface area contributed by atoms with E-state index in [-0.39, 0.29) is 6.04 Å². The van der Waals surface area contributed by atoms with Crippen LogP contribution in [0.3, 0.4) is 0 Å². The summed E-state index contributed by atoms with van der Waals surface area (Å²) < 4.78 is 0. The van der Waals surface area contributed by atoms with E-state index >= 15 is 0 Å². The number of benzene rings is 2. The van der Waals surface area contributed by atoms with Gasteiger partial charge in [-0.1, -0.05) is 71.5 Å². The van der Waals surface area contributed by atoms with Crippen LogP contribution in [0, 0.1) is 0 Å². The second-order valence-corrected chi connectivity index (χ2v) is 6.26. The molecule has 0 radical (unpaired) electrons. The molecule has 0 aliphatic carbocycles. The molecule has 1 atom stereocenters. The number of hydrogen-bond donors (Lipinski definition) is 1. The lowest BCUT2D eigenvalue weighted by Crippen LogP contribution is -2.23. The molecular formula is C16H15Cl4N. The molecule has 1 nitrogen and oxygen atoms in total. The van der Waals surface area contributed by atoms with E-state index in [2.05, 4.69) is 5.32 Å². The normalized spacial score (nSPS) is 12.4. The first-order valence-corrected chi connectivity index (χ1v) is 8.16. The monoisotopic (exact) mass is 361 g/mol. The van der Waals surface area contributed by atoms with Crippen LogP contribution < -0.4 is 5.32 Å². The second-order valence-electron chi connectivity index (χ2n) is 4.66. The summed E-state index contributed by atoms with van der Waals surface area (Å²) in [6.07, 6.45) is 0.663. The maximum atomic E-state index is 6.31. The van der Waals surface area contributed by atoms with Crippen molar-refractivity contribution in [3.8, 4) is 0 Å². The molecule has 0 fully saturated rings. The van der Waals surface area contributed by atoms with Gasteiger partial charge in [0.15, 0.2) is 0 Å². The molecule has 0 saturated carbocycles. The van der Waals surface area contributed by atoms with Crippen molar-refractivity contribution in [2.24, 2.45) is 0 Å². The lowest BCUT2D eigenvalue weighted by atomic mass is 9.98. The molecule has 0 bridgehead atoms. The van der Waals surface area contributed by atoms with Crippen LogP contribution in [-0.4, -0.2) is 6.54 Å². The van der Waals surface area contributed by atoms with Crippen LogP contribution in [0.2, 0.25) is 20.1 Å². The van der Waals surface area contributed by atoms with Crippen molar-refractivity contribution in [3.05, 3.63) is 67.6 Å². The van der Waals surface area contributed by atoms with Crippen molar-refractivity contribution in [2.45, 2.75) is 19.4 Å². The topological polar surface area (TPSA) is 12.0 Å². The molecule has 0 aromatic heterocycles. The summed E-state index contributed by atoms with van der Waals surface area (Å²) in [6.45, 7) is 2.84. The third-order valence-corrected chi connectivity index (χ3v) is 4.77. The van der Waals surface area contributed by atoms with E-state index in [1.807, 2.05) is 37.3 Å². The minimum absolute atomic E-state index is 0.0211. The first-order valence-electron chi connectivity index (χ1n) is 6.64. The van der Waals surface area contributed by atoms with Crippen molar-refractivity contribution in [2.75, 3.05) is 6.54 Å². The average molecular weight is 363 g/mol. The van der Waals surface area contributed by atoms with E-state index in [0.717, 1.165) is 17.7 Å². The van der Waals surface area contributed by atoms with Gasteiger partial charge in [0.25, 0.3) is 0 Å². The number of rotatable bonds is 5. The quantitative estimate of drug-likeness (QED) is 0.668. The summed E-state index contributed by atoms with van der Waals surface area (Å²) in [5, 5.41) is 5.82. The molecule has 1 N–H and O–H groups in total. The Morgan fingerprint density at radius 2 is 1.48 bits per heavy atom. The molecule has 2 rings (SSSR count). The zero-order valence-corrected chi connectivity index (χ0v) is 14.5. The Labute approximate surface area is 145 Å². The van der Waals surface area contributed by atoms with E-state index in [0.29, 0.717) is 26.5 Å². The van der Waals surface area contributed by atoms with Crippen molar-refractivity contribution in [1.29, 1.82) is 0 Å². The third-order valence-electron chi connectivity index (χ3n) is 3.25. The number of nitrogens with one attached hydrogen (secondary N) is 1. The Kier molecular flexibility index (Phi) is 6.21. The average Bonchev–Trinajstić information content (AvgIpc) is 2.44. The third kappa shape index (κ3) is 4.06. The highest BCUT2D eigenvalue weighted by molar-refractivity contribution is 6.42. The number of hydrogen-bond acceptors (Lipinski definition) is 1. The van der Waals surface area contributed by atoms with Crippen LogP contribution in [0.5, 0.6) is 0 Å². The summed E-state index contributed by atoms with van der Waals surface area (Å²) in [5.74, 6) is 0. The highest BCUT2D eigenvalue weighted by atomic mass is 35.5. The van der Waals surface area contributed by atoms with Crippen LogP contribution in [0.25, 0.3) is 0 Å². The van der Waals surface area contributed by atoms with Gasteiger partial charge < -0.3 is 5.32 Å². The molecular weight excluding hydrogens is 348 g/mol. The maximum Gasteiger partial charge on any atom is 0.0624 e. The molecule has 2 aromatic rings. The van der Waals surface area contributed by atoms with Crippen molar-refractivity contribution in [3.63, 3.8) is 0 Å². The molecule has 0 heterocycles. The molecule has 0 saturated heterocycles. The molecule has 21 heavy (non-hydrogen) atoms. The SMILES string of the molecule is CCNC(Cc1cccc(Cl)c1Cl)c1c(Cl)cccc1Cl. The maximum absolute atomic E-state index is 6.31. The van der Waals surface area contributed by atoms with Crippen LogP contribution >= 0.6 is 46.4 Å². The fourth-order valence-corrected chi connectivity index (χ4v) is 3.35. The molecule has 0 aliphatic heterocycles. The fraction of sp³-hybridized carbons (Fsp3) is 0.250. The summed E-state index contributed by atoms with van der Waals surface area (Å²) in [5.41, 5.74) is 1.85. The van der Waals surface area contributed by atoms with Gasteiger partial charge in [-0.25, -0.2) is 0 Å². The molecule has 0 aliphatic rings. The van der Waals surface area contributed by atoms with Gasteiger partial charge in [0, 0.05) is 21.7 Å². The Bertz CT molecular complexity index is 607. The molecule has 1 unspecified atom stereocenters. The molecule has 5 heteroatoms. The van der Waals surface area contributed by atoms with Crippen LogP contribution in [0.1, 0.15) is 24.1 Å². The Hall–Kier alpha value is -0.440. The largest absolute Gasteiger partial charge is 0.310 e. The highest BCUT2D eigenvalue weighted by Crippen LogP contribution is 2.34.